The minimum Gasteiger partial charge on any atom is -0.103 e. The van der Waals surface area contributed by atoms with Gasteiger partial charge in [-0.3, -0.25) is 0 Å². The molecule has 0 rings (SSSR count). The zero-order valence-corrected chi connectivity index (χ0v) is 10.3. The Morgan fingerprint density at radius 3 is 2.00 bits per heavy atom. The second-order valence-corrected chi connectivity index (χ2v) is 4.10. The van der Waals surface area contributed by atoms with Crippen LogP contribution < -0.4 is 0 Å². The van der Waals surface area contributed by atoms with E-state index in [1.54, 1.807) is 0 Å². The summed E-state index contributed by atoms with van der Waals surface area (Å²) in [6.45, 7) is 2.24. The average molecular weight is 245 g/mol. The second kappa shape index (κ2) is 12.0. The molecule has 0 bridgehead atoms. The van der Waals surface area contributed by atoms with Gasteiger partial charge < -0.3 is 0 Å². The minimum atomic E-state index is 1.08. The van der Waals surface area contributed by atoms with Crippen molar-refractivity contribution in [2.24, 2.45) is 0 Å². The standard InChI is InChI=1S/C12H21Br/c1-2-3-4-5-6-7-8-9-10-11-12-13/h2-6,9-12H2,1H3. The molecule has 13 heavy (non-hydrogen) atoms. The van der Waals surface area contributed by atoms with Crippen molar-refractivity contribution in [3.63, 3.8) is 0 Å². The van der Waals surface area contributed by atoms with E-state index >= 15 is 0 Å². The summed E-state index contributed by atoms with van der Waals surface area (Å²) in [6, 6.07) is 0. The summed E-state index contributed by atoms with van der Waals surface area (Å²) in [7, 11) is 0. The summed E-state index contributed by atoms with van der Waals surface area (Å²) >= 11 is 3.41. The van der Waals surface area contributed by atoms with Crippen LogP contribution in [0.1, 0.15) is 58.3 Å². The molecule has 0 radical (unpaired) electrons. The molecule has 0 spiro atoms. The zero-order chi connectivity index (χ0) is 9.78. The molecule has 76 valence electrons. The highest BCUT2D eigenvalue weighted by Gasteiger charge is 1.84. The topological polar surface area (TPSA) is 0 Å². The quantitative estimate of drug-likeness (QED) is 0.351. The first-order valence-electron chi connectivity index (χ1n) is 5.43. The number of hydrogen-bond donors (Lipinski definition) is 0. The third-order valence-electron chi connectivity index (χ3n) is 1.97. The van der Waals surface area contributed by atoms with Gasteiger partial charge in [-0.25, -0.2) is 0 Å². The fourth-order valence-corrected chi connectivity index (χ4v) is 1.52. The molecule has 0 amide bonds. The molecule has 0 unspecified atom stereocenters. The second-order valence-electron chi connectivity index (χ2n) is 3.31. The monoisotopic (exact) mass is 244 g/mol. The lowest BCUT2D eigenvalue weighted by molar-refractivity contribution is 0.679. The third kappa shape index (κ3) is 12.0. The van der Waals surface area contributed by atoms with Crippen LogP contribution in [0.15, 0.2) is 0 Å². The number of unbranched alkanes of at least 4 members (excludes halogenated alkanes) is 6. The Hall–Kier alpha value is 0.0400. The summed E-state index contributed by atoms with van der Waals surface area (Å²) in [5, 5.41) is 1.12. The molecule has 0 N–H and O–H groups in total. The first-order chi connectivity index (χ1) is 6.41. The molecule has 0 saturated heterocycles. The smallest absolute Gasteiger partial charge is 0.00889 e. The molecular formula is C12H21Br. The van der Waals surface area contributed by atoms with Crippen LogP contribution in [0.25, 0.3) is 0 Å². The van der Waals surface area contributed by atoms with E-state index in [-0.39, 0.29) is 0 Å². The lowest BCUT2D eigenvalue weighted by Crippen LogP contribution is -1.76. The Balaban J connectivity index is 3.02. The van der Waals surface area contributed by atoms with Gasteiger partial charge in [0.25, 0.3) is 0 Å². The molecule has 0 aromatic rings. The predicted octanol–water partition coefficient (Wildman–Crippen LogP) is 4.53. The van der Waals surface area contributed by atoms with E-state index in [2.05, 4.69) is 34.7 Å². The maximum Gasteiger partial charge on any atom is 0.00889 e. The van der Waals surface area contributed by atoms with Gasteiger partial charge in [0.15, 0.2) is 0 Å². The molecule has 0 atom stereocenters. The van der Waals surface area contributed by atoms with Crippen LogP contribution in [0.2, 0.25) is 0 Å². The fraction of sp³-hybridized carbons (Fsp3) is 0.833. The maximum absolute atomic E-state index is 3.41. The third-order valence-corrected chi connectivity index (χ3v) is 2.53. The van der Waals surface area contributed by atoms with Crippen LogP contribution in [0.5, 0.6) is 0 Å². The van der Waals surface area contributed by atoms with Crippen molar-refractivity contribution in [1.29, 1.82) is 0 Å². The van der Waals surface area contributed by atoms with Crippen LogP contribution in [0.3, 0.4) is 0 Å². The number of alkyl halides is 1. The van der Waals surface area contributed by atoms with Gasteiger partial charge in [0.2, 0.25) is 0 Å². The van der Waals surface area contributed by atoms with Crippen LogP contribution >= 0.6 is 15.9 Å². The van der Waals surface area contributed by atoms with Crippen LogP contribution in [-0.2, 0) is 0 Å². The van der Waals surface area contributed by atoms with E-state index in [1.807, 2.05) is 0 Å². The summed E-state index contributed by atoms with van der Waals surface area (Å²) < 4.78 is 0. The lowest BCUT2D eigenvalue weighted by atomic mass is 10.1. The van der Waals surface area contributed by atoms with Gasteiger partial charge in [0, 0.05) is 18.2 Å². The van der Waals surface area contributed by atoms with E-state index in [0.29, 0.717) is 0 Å². The number of rotatable bonds is 7. The molecule has 0 heterocycles. The first kappa shape index (κ1) is 13.0. The molecule has 0 nitrogen and oxygen atoms in total. The molecule has 0 aliphatic heterocycles. The van der Waals surface area contributed by atoms with Crippen molar-refractivity contribution in [3.8, 4) is 11.8 Å². The highest BCUT2D eigenvalue weighted by molar-refractivity contribution is 9.09. The van der Waals surface area contributed by atoms with Gasteiger partial charge >= 0.3 is 0 Å². The first-order valence-corrected chi connectivity index (χ1v) is 6.55. The van der Waals surface area contributed by atoms with E-state index in [9.17, 15) is 0 Å². The summed E-state index contributed by atoms with van der Waals surface area (Å²) in [5.41, 5.74) is 0. The van der Waals surface area contributed by atoms with Crippen LogP contribution in [-0.4, -0.2) is 5.33 Å². The van der Waals surface area contributed by atoms with Gasteiger partial charge in [-0.05, 0) is 19.3 Å². The van der Waals surface area contributed by atoms with E-state index < -0.39 is 0 Å². The van der Waals surface area contributed by atoms with E-state index in [0.717, 1.165) is 18.2 Å². The van der Waals surface area contributed by atoms with Crippen LogP contribution in [0, 0.1) is 11.8 Å². The Labute approximate surface area is 91.6 Å². The average Bonchev–Trinajstić information content (AvgIpc) is 2.16. The number of halogens is 1. The Morgan fingerprint density at radius 2 is 1.46 bits per heavy atom. The van der Waals surface area contributed by atoms with Gasteiger partial charge in [0.05, 0.1) is 0 Å². The Kier molecular flexibility index (Phi) is 12.1. The highest BCUT2D eigenvalue weighted by Crippen LogP contribution is 2.01. The molecule has 0 aliphatic rings. The van der Waals surface area contributed by atoms with E-state index in [1.165, 1.54) is 38.5 Å². The van der Waals surface area contributed by atoms with Gasteiger partial charge in [-0.2, -0.15) is 0 Å². The molecule has 0 aliphatic carbocycles. The van der Waals surface area contributed by atoms with Crippen molar-refractivity contribution < 1.29 is 0 Å². The Bertz CT molecular complexity index is 141. The minimum absolute atomic E-state index is 1.08. The molecule has 1 heteroatoms. The normalized spacial score (nSPS) is 9.38. The zero-order valence-electron chi connectivity index (χ0n) is 8.74. The summed E-state index contributed by atoms with van der Waals surface area (Å²) in [5.74, 6) is 6.46. The van der Waals surface area contributed by atoms with E-state index in [4.69, 9.17) is 0 Å². The maximum atomic E-state index is 3.41. The highest BCUT2D eigenvalue weighted by atomic mass is 79.9. The van der Waals surface area contributed by atoms with Crippen molar-refractivity contribution in [2.45, 2.75) is 58.3 Å². The van der Waals surface area contributed by atoms with Crippen molar-refractivity contribution in [2.75, 3.05) is 5.33 Å². The van der Waals surface area contributed by atoms with Crippen molar-refractivity contribution in [3.05, 3.63) is 0 Å². The molecule has 0 aromatic carbocycles. The Morgan fingerprint density at radius 1 is 0.846 bits per heavy atom. The van der Waals surface area contributed by atoms with Gasteiger partial charge in [-0.1, -0.05) is 42.1 Å². The predicted molar refractivity (Wildman–Crippen MR) is 64.2 cm³/mol. The fourth-order valence-electron chi connectivity index (χ4n) is 1.12. The van der Waals surface area contributed by atoms with Gasteiger partial charge in [0.1, 0.15) is 0 Å². The SMILES string of the molecule is CCCCCCC#CCCCCBr. The largest absolute Gasteiger partial charge is 0.103 e. The summed E-state index contributed by atoms with van der Waals surface area (Å²) in [6.07, 6.45) is 10.0. The van der Waals surface area contributed by atoms with Crippen LogP contribution in [0.4, 0.5) is 0 Å². The van der Waals surface area contributed by atoms with Crippen molar-refractivity contribution in [1.82, 2.24) is 0 Å². The van der Waals surface area contributed by atoms with Crippen molar-refractivity contribution >= 4 is 15.9 Å². The number of hydrogen-bond acceptors (Lipinski definition) is 0. The summed E-state index contributed by atoms with van der Waals surface area (Å²) in [4.78, 5) is 0. The molecular weight excluding hydrogens is 224 g/mol. The van der Waals surface area contributed by atoms with Gasteiger partial charge in [-0.15, -0.1) is 11.8 Å². The molecule has 0 aromatic heterocycles. The lowest BCUT2D eigenvalue weighted by Gasteiger charge is -1.92. The molecule has 0 fully saturated rings. The molecule has 0 saturated carbocycles.